The summed E-state index contributed by atoms with van der Waals surface area (Å²) < 4.78 is 5.68. The monoisotopic (exact) mass is 340 g/mol. The van der Waals surface area contributed by atoms with Gasteiger partial charge in [-0.15, -0.1) is 0 Å². The Hall–Kier alpha value is -2.69. The van der Waals surface area contributed by atoms with E-state index in [4.69, 9.17) is 4.74 Å². The van der Waals surface area contributed by atoms with Crippen LogP contribution in [0.1, 0.15) is 12.0 Å². The Morgan fingerprint density at radius 3 is 2.56 bits per heavy atom. The van der Waals surface area contributed by atoms with Gasteiger partial charge in [-0.1, -0.05) is 30.3 Å². The highest BCUT2D eigenvalue weighted by molar-refractivity contribution is 5.79. The second kappa shape index (κ2) is 10.2. The van der Waals surface area contributed by atoms with Crippen LogP contribution in [0.15, 0.2) is 59.6 Å². The van der Waals surface area contributed by atoms with Gasteiger partial charge in [0.15, 0.2) is 5.96 Å². The molecule has 5 heteroatoms. The number of benzene rings is 2. The minimum Gasteiger partial charge on any atom is -0.494 e. The number of guanidine groups is 1. The molecule has 0 aliphatic rings. The molecule has 0 unspecified atom stereocenters. The lowest BCUT2D eigenvalue weighted by Gasteiger charge is -2.15. The van der Waals surface area contributed by atoms with Crippen LogP contribution in [0.25, 0.3) is 0 Å². The summed E-state index contributed by atoms with van der Waals surface area (Å²) in [6.45, 7) is 2.23. The summed E-state index contributed by atoms with van der Waals surface area (Å²) in [4.78, 5) is 6.36. The Kier molecular flexibility index (Phi) is 7.63. The van der Waals surface area contributed by atoms with Crippen molar-refractivity contribution in [1.82, 2.24) is 10.6 Å². The number of rotatable bonds is 8. The van der Waals surface area contributed by atoms with E-state index in [2.05, 4.69) is 44.8 Å². The largest absolute Gasteiger partial charge is 0.494 e. The van der Waals surface area contributed by atoms with E-state index in [-0.39, 0.29) is 0 Å². The van der Waals surface area contributed by atoms with Crippen molar-refractivity contribution in [1.29, 1.82) is 0 Å². The Labute approximate surface area is 150 Å². The van der Waals surface area contributed by atoms with E-state index in [1.165, 1.54) is 11.3 Å². The zero-order valence-electron chi connectivity index (χ0n) is 15.3. The van der Waals surface area contributed by atoms with E-state index >= 15 is 0 Å². The van der Waals surface area contributed by atoms with Gasteiger partial charge in [0.2, 0.25) is 0 Å². The molecule has 0 atom stereocenters. The SMILES string of the molecule is CN=C(NCCCOc1ccccc1)NCc1cccc(N(C)C)c1. The lowest BCUT2D eigenvalue weighted by Crippen LogP contribution is -2.37. The standard InChI is InChI=1S/C20H28N4O/c1-21-20(22-13-8-14-25-19-11-5-4-6-12-19)23-16-17-9-7-10-18(15-17)24(2)3/h4-7,9-12,15H,8,13-14,16H2,1-3H3,(H2,21,22,23). The molecule has 0 saturated heterocycles. The summed E-state index contributed by atoms with van der Waals surface area (Å²) in [6, 6.07) is 18.3. The third-order valence-electron chi connectivity index (χ3n) is 3.74. The van der Waals surface area contributed by atoms with E-state index in [1.54, 1.807) is 7.05 Å². The molecule has 0 spiro atoms. The van der Waals surface area contributed by atoms with Crippen molar-refractivity contribution in [2.75, 3.05) is 39.2 Å². The van der Waals surface area contributed by atoms with E-state index < -0.39 is 0 Å². The second-order valence-corrected chi connectivity index (χ2v) is 5.93. The second-order valence-electron chi connectivity index (χ2n) is 5.93. The van der Waals surface area contributed by atoms with Crippen LogP contribution in [-0.4, -0.2) is 40.3 Å². The van der Waals surface area contributed by atoms with E-state index in [0.717, 1.165) is 31.2 Å². The first-order valence-corrected chi connectivity index (χ1v) is 8.57. The highest BCUT2D eigenvalue weighted by atomic mass is 16.5. The first-order valence-electron chi connectivity index (χ1n) is 8.57. The zero-order valence-corrected chi connectivity index (χ0v) is 15.3. The van der Waals surface area contributed by atoms with Gasteiger partial charge in [-0.05, 0) is 36.2 Å². The molecule has 5 nitrogen and oxygen atoms in total. The van der Waals surface area contributed by atoms with Crippen molar-refractivity contribution in [2.24, 2.45) is 4.99 Å². The van der Waals surface area contributed by atoms with E-state index in [0.29, 0.717) is 6.61 Å². The number of nitrogens with one attached hydrogen (secondary N) is 2. The van der Waals surface area contributed by atoms with Crippen molar-refractivity contribution in [3.8, 4) is 5.75 Å². The van der Waals surface area contributed by atoms with Gasteiger partial charge >= 0.3 is 0 Å². The average Bonchev–Trinajstić information content (AvgIpc) is 2.65. The Balaban J connectivity index is 1.67. The molecule has 0 amide bonds. The smallest absolute Gasteiger partial charge is 0.191 e. The molecule has 134 valence electrons. The van der Waals surface area contributed by atoms with E-state index in [9.17, 15) is 0 Å². The van der Waals surface area contributed by atoms with Crippen LogP contribution in [-0.2, 0) is 6.54 Å². The lowest BCUT2D eigenvalue weighted by molar-refractivity contribution is 0.311. The molecule has 0 aliphatic carbocycles. The third kappa shape index (κ3) is 6.75. The maximum Gasteiger partial charge on any atom is 0.191 e. The molecule has 2 aromatic carbocycles. The van der Waals surface area contributed by atoms with Crippen molar-refractivity contribution in [3.63, 3.8) is 0 Å². The first-order chi connectivity index (χ1) is 12.2. The lowest BCUT2D eigenvalue weighted by atomic mass is 10.2. The fourth-order valence-corrected chi connectivity index (χ4v) is 2.34. The van der Waals surface area contributed by atoms with Crippen LogP contribution in [0, 0.1) is 0 Å². The van der Waals surface area contributed by atoms with Gasteiger partial charge in [0.05, 0.1) is 6.61 Å². The summed E-state index contributed by atoms with van der Waals surface area (Å²) in [5.41, 5.74) is 2.42. The molecule has 2 N–H and O–H groups in total. The molecular weight excluding hydrogens is 312 g/mol. The molecule has 0 bridgehead atoms. The van der Waals surface area contributed by atoms with Crippen LogP contribution >= 0.6 is 0 Å². The van der Waals surface area contributed by atoms with Crippen molar-refractivity contribution < 1.29 is 4.74 Å². The Bertz CT molecular complexity index is 656. The number of anilines is 1. The molecule has 0 aromatic heterocycles. The van der Waals surface area contributed by atoms with Crippen molar-refractivity contribution in [3.05, 3.63) is 60.2 Å². The molecule has 0 heterocycles. The molecule has 25 heavy (non-hydrogen) atoms. The fourth-order valence-electron chi connectivity index (χ4n) is 2.34. The van der Waals surface area contributed by atoms with Crippen molar-refractivity contribution in [2.45, 2.75) is 13.0 Å². The zero-order chi connectivity index (χ0) is 17.9. The van der Waals surface area contributed by atoms with Crippen LogP contribution in [0.5, 0.6) is 5.75 Å². The summed E-state index contributed by atoms with van der Waals surface area (Å²) in [6.07, 6.45) is 0.908. The minimum atomic E-state index is 0.679. The number of hydrogen-bond acceptors (Lipinski definition) is 3. The normalized spacial score (nSPS) is 11.1. The third-order valence-corrected chi connectivity index (χ3v) is 3.74. The molecule has 0 aliphatic heterocycles. The van der Waals surface area contributed by atoms with Gasteiger partial charge in [0.25, 0.3) is 0 Å². The number of para-hydroxylation sites is 1. The predicted molar refractivity (Wildman–Crippen MR) is 106 cm³/mol. The Morgan fingerprint density at radius 2 is 1.84 bits per heavy atom. The number of aliphatic imine (C=N–C) groups is 1. The first kappa shape index (κ1) is 18.6. The average molecular weight is 340 g/mol. The van der Waals surface area contributed by atoms with Gasteiger partial charge in [-0.3, -0.25) is 4.99 Å². The number of nitrogens with zero attached hydrogens (tertiary/aromatic N) is 2. The van der Waals surface area contributed by atoms with Gasteiger partial charge in [0.1, 0.15) is 5.75 Å². The maximum atomic E-state index is 5.68. The molecule has 2 aromatic rings. The number of ether oxygens (including phenoxy) is 1. The van der Waals surface area contributed by atoms with Crippen LogP contribution < -0.4 is 20.3 Å². The number of hydrogen-bond donors (Lipinski definition) is 2. The topological polar surface area (TPSA) is 48.9 Å². The quantitative estimate of drug-likeness (QED) is 0.441. The highest BCUT2D eigenvalue weighted by Gasteiger charge is 2.01. The van der Waals surface area contributed by atoms with Crippen LogP contribution in [0.4, 0.5) is 5.69 Å². The Morgan fingerprint density at radius 1 is 1.04 bits per heavy atom. The molecule has 0 saturated carbocycles. The van der Waals surface area contributed by atoms with Gasteiger partial charge < -0.3 is 20.3 Å². The summed E-state index contributed by atoms with van der Waals surface area (Å²) >= 11 is 0. The minimum absolute atomic E-state index is 0.679. The predicted octanol–water partition coefficient (Wildman–Crippen LogP) is 2.89. The summed E-state index contributed by atoms with van der Waals surface area (Å²) in [5, 5.41) is 6.65. The van der Waals surface area contributed by atoms with Gasteiger partial charge in [0, 0.05) is 39.9 Å². The molecule has 0 fully saturated rings. The van der Waals surface area contributed by atoms with Crippen LogP contribution in [0.3, 0.4) is 0 Å². The van der Waals surface area contributed by atoms with Crippen LogP contribution in [0.2, 0.25) is 0 Å². The molecule has 2 rings (SSSR count). The molecule has 0 radical (unpaired) electrons. The highest BCUT2D eigenvalue weighted by Crippen LogP contribution is 2.13. The fraction of sp³-hybridized carbons (Fsp3) is 0.350. The van der Waals surface area contributed by atoms with Gasteiger partial charge in [-0.2, -0.15) is 0 Å². The van der Waals surface area contributed by atoms with Gasteiger partial charge in [-0.25, -0.2) is 0 Å². The molecular formula is C20H28N4O. The summed E-state index contributed by atoms with van der Waals surface area (Å²) in [7, 11) is 5.88. The van der Waals surface area contributed by atoms with E-state index in [1.807, 2.05) is 44.4 Å². The van der Waals surface area contributed by atoms with Crippen molar-refractivity contribution >= 4 is 11.6 Å². The summed E-state index contributed by atoms with van der Waals surface area (Å²) in [5.74, 6) is 1.71. The maximum absolute atomic E-state index is 5.68.